The maximum atomic E-state index is 12.4. The second-order valence-electron chi connectivity index (χ2n) is 6.00. The fourth-order valence-electron chi connectivity index (χ4n) is 2.75. The van der Waals surface area contributed by atoms with Crippen LogP contribution in [-0.2, 0) is 0 Å². The third-order valence-corrected chi connectivity index (χ3v) is 4.37. The van der Waals surface area contributed by atoms with Gasteiger partial charge in [0.1, 0.15) is 11.5 Å². The lowest BCUT2D eigenvalue weighted by atomic mass is 10.1. The van der Waals surface area contributed by atoms with E-state index in [9.17, 15) is 4.79 Å². The lowest BCUT2D eigenvalue weighted by Gasteiger charge is -2.21. The van der Waals surface area contributed by atoms with E-state index in [0.29, 0.717) is 17.1 Å². The number of rotatable bonds is 7. The van der Waals surface area contributed by atoms with Crippen molar-refractivity contribution < 1.29 is 14.3 Å². The number of allylic oxidation sites excluding steroid dienone is 1. The highest BCUT2D eigenvalue weighted by Crippen LogP contribution is 2.34. The van der Waals surface area contributed by atoms with Crippen LogP contribution in [0.25, 0.3) is 5.70 Å². The van der Waals surface area contributed by atoms with Crippen LogP contribution in [0.1, 0.15) is 19.4 Å². The van der Waals surface area contributed by atoms with Crippen LogP contribution < -0.4 is 20.1 Å². The van der Waals surface area contributed by atoms with E-state index in [4.69, 9.17) is 9.47 Å². The number of nitrogens with zero attached hydrogens (tertiary/aromatic N) is 2. The first-order valence-corrected chi connectivity index (χ1v) is 9.68. The van der Waals surface area contributed by atoms with Crippen LogP contribution >= 0.6 is 15.9 Å². The van der Waals surface area contributed by atoms with Crippen molar-refractivity contribution in [3.8, 4) is 11.5 Å². The molecule has 0 aliphatic carbocycles. The molecule has 0 aliphatic rings. The zero-order chi connectivity index (χ0) is 21.4. The van der Waals surface area contributed by atoms with Crippen molar-refractivity contribution in [1.82, 2.24) is 5.01 Å². The standard InChI is InChI=1S/C21H25BrN4O3/c1-6-23-26(3)20(14(2)22)18-13-16(9-12-19(18)29-5)25-21(27)24-15-7-10-17(28-4)11-8-15/h6-13H,1-5H3,(H2,24,25,27)/b20-14+,23-6-. The monoisotopic (exact) mass is 460 g/mol. The summed E-state index contributed by atoms with van der Waals surface area (Å²) < 4.78 is 11.5. The zero-order valence-corrected chi connectivity index (χ0v) is 18.7. The number of nitrogens with one attached hydrogen (secondary N) is 2. The largest absolute Gasteiger partial charge is 0.497 e. The zero-order valence-electron chi connectivity index (χ0n) is 17.1. The summed E-state index contributed by atoms with van der Waals surface area (Å²) in [6, 6.07) is 12.2. The van der Waals surface area contributed by atoms with E-state index in [1.807, 2.05) is 27.0 Å². The molecule has 154 valence electrons. The average Bonchev–Trinajstić information content (AvgIpc) is 2.69. The molecule has 2 aromatic rings. The maximum Gasteiger partial charge on any atom is 0.323 e. The molecule has 0 bridgehead atoms. The molecular formula is C21H25BrN4O3. The molecular weight excluding hydrogens is 436 g/mol. The summed E-state index contributed by atoms with van der Waals surface area (Å²) in [5, 5.41) is 11.7. The second-order valence-corrected chi connectivity index (χ2v) is 7.19. The Kier molecular flexibility index (Phi) is 8.09. The van der Waals surface area contributed by atoms with Gasteiger partial charge in [-0.1, -0.05) is 15.9 Å². The van der Waals surface area contributed by atoms with Crippen molar-refractivity contribution in [2.75, 3.05) is 31.9 Å². The van der Waals surface area contributed by atoms with E-state index < -0.39 is 0 Å². The van der Waals surface area contributed by atoms with Crippen molar-refractivity contribution in [2.45, 2.75) is 13.8 Å². The van der Waals surface area contributed by atoms with E-state index in [0.717, 1.165) is 21.5 Å². The minimum Gasteiger partial charge on any atom is -0.497 e. The quantitative estimate of drug-likeness (QED) is 0.430. The number of hydrogen-bond acceptors (Lipinski definition) is 5. The maximum absolute atomic E-state index is 12.4. The topological polar surface area (TPSA) is 75.2 Å². The molecule has 2 aromatic carbocycles. The number of ether oxygens (including phenoxy) is 2. The number of hydrogen-bond donors (Lipinski definition) is 2. The molecule has 2 N–H and O–H groups in total. The number of halogens is 1. The summed E-state index contributed by atoms with van der Waals surface area (Å²) in [4.78, 5) is 12.4. The van der Waals surface area contributed by atoms with Crippen molar-refractivity contribution in [3.63, 3.8) is 0 Å². The van der Waals surface area contributed by atoms with Gasteiger partial charge in [-0.2, -0.15) is 5.10 Å². The fourth-order valence-corrected chi connectivity index (χ4v) is 3.22. The van der Waals surface area contributed by atoms with Crippen molar-refractivity contribution in [3.05, 3.63) is 52.5 Å². The number of anilines is 2. The molecule has 0 saturated carbocycles. The van der Waals surface area contributed by atoms with Crippen LogP contribution in [0.4, 0.5) is 16.2 Å². The van der Waals surface area contributed by atoms with Crippen LogP contribution in [0.5, 0.6) is 11.5 Å². The van der Waals surface area contributed by atoms with Crippen LogP contribution in [0, 0.1) is 0 Å². The number of amides is 2. The number of carbonyl (C=O) groups is 1. The Morgan fingerprint density at radius 1 is 1.07 bits per heavy atom. The Hall–Kier alpha value is -3.00. The number of urea groups is 1. The van der Waals surface area contributed by atoms with Crippen LogP contribution in [0.15, 0.2) is 52.0 Å². The average molecular weight is 461 g/mol. The van der Waals surface area contributed by atoms with Gasteiger partial charge >= 0.3 is 6.03 Å². The van der Waals surface area contributed by atoms with E-state index in [1.165, 1.54) is 0 Å². The third kappa shape index (κ3) is 5.99. The van der Waals surface area contributed by atoms with Crippen LogP contribution in [0.3, 0.4) is 0 Å². The minimum atomic E-state index is -0.354. The Balaban J connectivity index is 2.26. The van der Waals surface area contributed by atoms with Gasteiger partial charge in [-0.05, 0) is 56.3 Å². The highest BCUT2D eigenvalue weighted by Gasteiger charge is 2.16. The van der Waals surface area contributed by atoms with Crippen molar-refractivity contribution >= 4 is 45.2 Å². The number of methoxy groups -OCH3 is 2. The molecule has 0 aromatic heterocycles. The molecule has 0 aliphatic heterocycles. The van der Waals surface area contributed by atoms with Crippen molar-refractivity contribution in [2.24, 2.45) is 5.10 Å². The van der Waals surface area contributed by atoms with Crippen molar-refractivity contribution in [1.29, 1.82) is 0 Å². The van der Waals surface area contributed by atoms with Gasteiger partial charge in [0, 0.05) is 34.7 Å². The Morgan fingerprint density at radius 2 is 1.69 bits per heavy atom. The van der Waals surface area contributed by atoms with Gasteiger partial charge < -0.3 is 20.1 Å². The second kappa shape index (κ2) is 10.5. The predicted molar refractivity (Wildman–Crippen MR) is 122 cm³/mol. The summed E-state index contributed by atoms with van der Waals surface area (Å²) in [6.07, 6.45) is 1.70. The highest BCUT2D eigenvalue weighted by molar-refractivity contribution is 9.11. The fraction of sp³-hybridized carbons (Fsp3) is 0.238. The number of benzene rings is 2. The molecule has 0 unspecified atom stereocenters. The normalized spacial score (nSPS) is 11.7. The number of carbonyl (C=O) groups excluding carboxylic acids is 1. The third-order valence-electron chi connectivity index (χ3n) is 4.00. The first kappa shape index (κ1) is 22.3. The first-order valence-electron chi connectivity index (χ1n) is 8.88. The summed E-state index contributed by atoms with van der Waals surface area (Å²) in [6.45, 7) is 3.77. The van der Waals surface area contributed by atoms with Gasteiger partial charge in [-0.25, -0.2) is 4.79 Å². The molecule has 7 nitrogen and oxygen atoms in total. The summed E-state index contributed by atoms with van der Waals surface area (Å²) in [7, 11) is 5.04. The molecule has 29 heavy (non-hydrogen) atoms. The van der Waals surface area contributed by atoms with Gasteiger partial charge in [-0.15, -0.1) is 0 Å². The predicted octanol–water partition coefficient (Wildman–Crippen LogP) is 5.37. The molecule has 0 spiro atoms. The van der Waals surface area contributed by atoms with Gasteiger partial charge in [0.2, 0.25) is 0 Å². The summed E-state index contributed by atoms with van der Waals surface area (Å²) >= 11 is 3.54. The number of hydrazone groups is 1. The molecule has 0 heterocycles. The lowest BCUT2D eigenvalue weighted by molar-refractivity contribution is 0.262. The Bertz CT molecular complexity index is 907. The van der Waals surface area contributed by atoms with Crippen LogP contribution in [-0.4, -0.2) is 38.5 Å². The van der Waals surface area contributed by atoms with E-state index in [2.05, 4.69) is 31.7 Å². The molecule has 0 fully saturated rings. The molecule has 8 heteroatoms. The smallest absolute Gasteiger partial charge is 0.323 e. The highest BCUT2D eigenvalue weighted by atomic mass is 79.9. The van der Waals surface area contributed by atoms with Crippen LogP contribution in [0.2, 0.25) is 0 Å². The minimum absolute atomic E-state index is 0.354. The molecule has 2 amide bonds. The first-order chi connectivity index (χ1) is 13.9. The summed E-state index contributed by atoms with van der Waals surface area (Å²) in [5.74, 6) is 1.39. The van der Waals surface area contributed by atoms with Gasteiger partial charge in [0.15, 0.2) is 0 Å². The Labute approximate surface area is 179 Å². The molecule has 2 rings (SSSR count). The van der Waals surface area contributed by atoms with E-state index in [1.54, 1.807) is 61.8 Å². The molecule has 0 radical (unpaired) electrons. The lowest BCUT2D eigenvalue weighted by Crippen LogP contribution is -2.19. The molecule has 0 atom stereocenters. The SMILES string of the molecule is C/C=N\N(C)/C(=C(\C)Br)c1cc(NC(=O)Nc2ccc(OC)cc2)ccc1OC. The van der Waals surface area contributed by atoms with E-state index in [-0.39, 0.29) is 6.03 Å². The van der Waals surface area contributed by atoms with Gasteiger partial charge in [0.05, 0.1) is 19.9 Å². The van der Waals surface area contributed by atoms with E-state index >= 15 is 0 Å². The van der Waals surface area contributed by atoms with Gasteiger partial charge in [0.25, 0.3) is 0 Å². The summed E-state index contributed by atoms with van der Waals surface area (Å²) in [5.41, 5.74) is 2.88. The van der Waals surface area contributed by atoms with Gasteiger partial charge in [-0.3, -0.25) is 5.01 Å². The Morgan fingerprint density at radius 3 is 2.24 bits per heavy atom. The molecule has 0 saturated heterocycles.